The van der Waals surface area contributed by atoms with E-state index in [9.17, 15) is 59.4 Å². The van der Waals surface area contributed by atoms with Crippen molar-refractivity contribution in [2.75, 3.05) is 0 Å². The molecule has 14 heteroatoms. The fourth-order valence-corrected chi connectivity index (χ4v) is 1.96. The van der Waals surface area contributed by atoms with E-state index in [1.807, 2.05) is 0 Å². The van der Waals surface area contributed by atoms with Crippen LogP contribution in [0.2, 0.25) is 0 Å². The van der Waals surface area contributed by atoms with Gasteiger partial charge < -0.3 is 59.4 Å². The Hall–Kier alpha value is -3.70. The summed E-state index contributed by atoms with van der Waals surface area (Å²) in [5.41, 5.74) is -3.36. The van der Waals surface area contributed by atoms with E-state index in [0.717, 1.165) is 36.4 Å². The van der Waals surface area contributed by atoms with Crippen LogP contribution >= 0.6 is 0 Å². The minimum atomic E-state index is -1.68. The van der Waals surface area contributed by atoms with Crippen molar-refractivity contribution in [3.63, 3.8) is 0 Å². The molecule has 174 valence electrons. The molecule has 0 bridgehead atoms. The van der Waals surface area contributed by atoms with Crippen LogP contribution < -0.4 is 30.6 Å². The standard InChI is InChI=1S/2C9H6O6.2Cu/c2*10-7(11)4-1-5(8(12)13)3-6(2-4)9(14)15;;/h2*1-3H,(H,10,11)(H,12,13)(H,14,15);;/q;;2*+2/p-6. The van der Waals surface area contributed by atoms with Crippen molar-refractivity contribution in [2.24, 2.45) is 0 Å². The molecule has 32 heavy (non-hydrogen) atoms. The third-order valence-corrected chi connectivity index (χ3v) is 3.28. The molecular weight excluding hydrogens is 535 g/mol. The third-order valence-electron chi connectivity index (χ3n) is 3.28. The van der Waals surface area contributed by atoms with Crippen LogP contribution in [0.1, 0.15) is 62.1 Å². The van der Waals surface area contributed by atoms with Crippen LogP contribution in [-0.2, 0) is 34.1 Å². The predicted octanol–water partition coefficient (Wildman–Crippen LogP) is -6.45. The summed E-state index contributed by atoms with van der Waals surface area (Å²) in [6, 6.07) is 4.48. The van der Waals surface area contributed by atoms with Crippen LogP contribution in [0, 0.1) is 0 Å². The number of aromatic carboxylic acids is 6. The van der Waals surface area contributed by atoms with E-state index in [1.54, 1.807) is 0 Å². The van der Waals surface area contributed by atoms with Crippen LogP contribution in [0.3, 0.4) is 0 Å². The molecule has 0 heterocycles. The number of carboxylic acid groups (broad SMARTS) is 6. The van der Waals surface area contributed by atoms with Crippen LogP contribution in [0.4, 0.5) is 0 Å². The van der Waals surface area contributed by atoms with E-state index in [4.69, 9.17) is 0 Å². The van der Waals surface area contributed by atoms with Gasteiger partial charge in [0.15, 0.2) is 0 Å². The molecule has 0 saturated carbocycles. The Bertz CT molecular complexity index is 834. The molecule has 0 saturated heterocycles. The Balaban J connectivity index is 0. The summed E-state index contributed by atoms with van der Waals surface area (Å²) >= 11 is 0. The first kappa shape index (κ1) is 30.5. The molecule has 2 aromatic carbocycles. The Morgan fingerprint density at radius 2 is 0.438 bits per heavy atom. The number of rotatable bonds is 6. The van der Waals surface area contributed by atoms with Crippen LogP contribution in [-0.4, -0.2) is 35.8 Å². The van der Waals surface area contributed by atoms with Gasteiger partial charge in [0.05, 0.1) is 35.8 Å². The van der Waals surface area contributed by atoms with Crippen molar-refractivity contribution in [3.8, 4) is 0 Å². The molecule has 2 radical (unpaired) electrons. The first-order valence-corrected chi connectivity index (χ1v) is 7.41. The summed E-state index contributed by atoms with van der Waals surface area (Å²) in [7, 11) is 0. The van der Waals surface area contributed by atoms with Crippen molar-refractivity contribution < 1.29 is 93.5 Å². The summed E-state index contributed by atoms with van der Waals surface area (Å²) < 4.78 is 0. The van der Waals surface area contributed by atoms with Crippen molar-refractivity contribution in [1.82, 2.24) is 0 Å². The Labute approximate surface area is 199 Å². The van der Waals surface area contributed by atoms with Crippen LogP contribution in [0.15, 0.2) is 36.4 Å². The zero-order chi connectivity index (χ0) is 23.2. The summed E-state index contributed by atoms with van der Waals surface area (Å²) in [4.78, 5) is 62.5. The minimum Gasteiger partial charge on any atom is -0.545 e. The second-order valence-corrected chi connectivity index (χ2v) is 5.32. The van der Waals surface area contributed by atoms with Gasteiger partial charge in [0.25, 0.3) is 0 Å². The summed E-state index contributed by atoms with van der Waals surface area (Å²) in [5, 5.41) is 62.5. The quantitative estimate of drug-likeness (QED) is 0.310. The molecule has 0 amide bonds. The van der Waals surface area contributed by atoms with Gasteiger partial charge >= 0.3 is 34.1 Å². The number of hydrogen-bond acceptors (Lipinski definition) is 12. The predicted molar refractivity (Wildman–Crippen MR) is 78.9 cm³/mol. The Kier molecular flexibility index (Phi) is 12.3. The van der Waals surface area contributed by atoms with Crippen molar-refractivity contribution in [1.29, 1.82) is 0 Å². The van der Waals surface area contributed by atoms with Gasteiger partial charge in [-0.05, 0) is 69.8 Å². The third kappa shape index (κ3) is 8.58. The second kappa shape index (κ2) is 12.9. The van der Waals surface area contributed by atoms with Gasteiger partial charge in [0.1, 0.15) is 0 Å². The van der Waals surface area contributed by atoms with E-state index in [0.29, 0.717) is 0 Å². The van der Waals surface area contributed by atoms with E-state index >= 15 is 0 Å². The van der Waals surface area contributed by atoms with E-state index < -0.39 is 69.2 Å². The summed E-state index contributed by atoms with van der Waals surface area (Å²) in [6.07, 6.45) is 0. The van der Waals surface area contributed by atoms with Gasteiger partial charge in [-0.15, -0.1) is 0 Å². The molecule has 0 N–H and O–H groups in total. The van der Waals surface area contributed by atoms with Crippen LogP contribution in [0.25, 0.3) is 0 Å². The van der Waals surface area contributed by atoms with Gasteiger partial charge in [-0.1, -0.05) is 0 Å². The Morgan fingerprint density at radius 1 is 0.344 bits per heavy atom. The monoisotopic (exact) mass is 540 g/mol. The molecule has 0 aliphatic rings. The molecule has 0 spiro atoms. The zero-order valence-electron chi connectivity index (χ0n) is 15.0. The fraction of sp³-hybridized carbons (Fsp3) is 0. The molecular formula is C18H6Cu2O12-2. The molecule has 0 unspecified atom stereocenters. The number of carboxylic acids is 6. The Morgan fingerprint density at radius 3 is 0.500 bits per heavy atom. The normalized spacial score (nSPS) is 9.00. The molecule has 0 fully saturated rings. The average Bonchev–Trinajstić information content (AvgIpc) is 2.67. The largest absolute Gasteiger partial charge is 2.00 e. The van der Waals surface area contributed by atoms with Gasteiger partial charge in [-0.3, -0.25) is 0 Å². The molecule has 2 aromatic rings. The number of benzene rings is 2. The maximum atomic E-state index is 10.4. The SMILES string of the molecule is O=C([O-])c1cc(C(=O)[O-])cc(C(=O)[O-])c1.O=C([O-])c1cc(C(=O)[O-])cc(C(=O)[O-])c1.[Cu+2].[Cu+2]. The average molecular weight is 541 g/mol. The summed E-state index contributed by atoms with van der Waals surface area (Å²) in [5.74, 6) is -10.1. The van der Waals surface area contributed by atoms with E-state index in [2.05, 4.69) is 0 Å². The van der Waals surface area contributed by atoms with Gasteiger partial charge in [-0.2, -0.15) is 0 Å². The number of carbonyl (C=O) groups is 6. The maximum Gasteiger partial charge on any atom is 2.00 e. The van der Waals surface area contributed by atoms with E-state index in [1.165, 1.54) is 0 Å². The molecule has 0 aliphatic heterocycles. The smallest absolute Gasteiger partial charge is 0.545 e. The number of hydrogen-bond donors (Lipinski definition) is 0. The van der Waals surface area contributed by atoms with Crippen LogP contribution in [0.5, 0.6) is 0 Å². The second-order valence-electron chi connectivity index (χ2n) is 5.32. The first-order chi connectivity index (χ1) is 13.8. The summed E-state index contributed by atoms with van der Waals surface area (Å²) in [6.45, 7) is 0. The molecule has 0 aliphatic carbocycles. The van der Waals surface area contributed by atoms with E-state index in [-0.39, 0.29) is 34.1 Å². The first-order valence-electron chi connectivity index (χ1n) is 7.41. The molecule has 0 atom stereocenters. The van der Waals surface area contributed by atoms with Gasteiger partial charge in [0.2, 0.25) is 0 Å². The van der Waals surface area contributed by atoms with Crippen molar-refractivity contribution >= 4 is 35.8 Å². The van der Waals surface area contributed by atoms with Crippen molar-refractivity contribution in [2.45, 2.75) is 0 Å². The topological polar surface area (TPSA) is 241 Å². The minimum absolute atomic E-state index is 0. The molecule has 2 rings (SSSR count). The van der Waals surface area contributed by atoms with Gasteiger partial charge in [-0.25, -0.2) is 0 Å². The molecule has 0 aromatic heterocycles. The maximum absolute atomic E-state index is 10.4. The number of carbonyl (C=O) groups excluding carboxylic acids is 6. The van der Waals surface area contributed by atoms with Crippen molar-refractivity contribution in [3.05, 3.63) is 69.8 Å². The molecule has 12 nitrogen and oxygen atoms in total. The fourth-order valence-electron chi connectivity index (χ4n) is 1.96. The van der Waals surface area contributed by atoms with Gasteiger partial charge in [0, 0.05) is 0 Å². The zero-order valence-corrected chi connectivity index (χ0v) is 16.8.